The first-order valence-corrected chi connectivity index (χ1v) is 9.61. The van der Waals surface area contributed by atoms with E-state index in [0.717, 1.165) is 4.90 Å². The van der Waals surface area contributed by atoms with Gasteiger partial charge in [-0.15, -0.1) is 0 Å². The normalized spacial score (nSPS) is 17.2. The number of imide groups is 1. The molecule has 0 aromatic heterocycles. The summed E-state index contributed by atoms with van der Waals surface area (Å²) in [7, 11) is 0. The third kappa shape index (κ3) is 4.39. The molecule has 4 amide bonds. The predicted octanol–water partition coefficient (Wildman–Crippen LogP) is 0.342. The Morgan fingerprint density at radius 3 is 2.11 bits per heavy atom. The van der Waals surface area contributed by atoms with E-state index >= 15 is 0 Å². The second-order valence-electron chi connectivity index (χ2n) is 7.44. The Kier molecular flexibility index (Phi) is 6.08. The van der Waals surface area contributed by atoms with Crippen molar-refractivity contribution in [3.63, 3.8) is 0 Å². The van der Waals surface area contributed by atoms with Crippen LogP contribution in [0.1, 0.15) is 41.0 Å². The summed E-state index contributed by atoms with van der Waals surface area (Å²) < 4.78 is 0. The van der Waals surface area contributed by atoms with Crippen LogP contribution >= 0.6 is 0 Å². The number of rotatable bonds is 6. The number of carbonyl (C=O) groups excluding carboxylic acids is 4. The van der Waals surface area contributed by atoms with E-state index in [4.69, 9.17) is 0 Å². The molecule has 0 aliphatic carbocycles. The van der Waals surface area contributed by atoms with Gasteiger partial charge < -0.3 is 10.2 Å². The maximum absolute atomic E-state index is 12.5. The molecule has 1 aromatic carbocycles. The lowest BCUT2D eigenvalue weighted by atomic mass is 10.1. The Labute approximate surface area is 164 Å². The molecule has 150 valence electrons. The zero-order valence-electron chi connectivity index (χ0n) is 16.3. The van der Waals surface area contributed by atoms with Gasteiger partial charge >= 0.3 is 0 Å². The fraction of sp³-hybridized carbons (Fsp3) is 0.500. The van der Waals surface area contributed by atoms with Crippen molar-refractivity contribution in [3.05, 3.63) is 35.4 Å². The van der Waals surface area contributed by atoms with Crippen molar-refractivity contribution < 1.29 is 19.2 Å². The molecule has 1 aromatic rings. The lowest BCUT2D eigenvalue weighted by Crippen LogP contribution is -2.52. The average Bonchev–Trinajstić information content (AvgIpc) is 2.90. The van der Waals surface area contributed by atoms with Gasteiger partial charge in [-0.25, -0.2) is 0 Å². The van der Waals surface area contributed by atoms with Crippen molar-refractivity contribution >= 4 is 23.6 Å². The van der Waals surface area contributed by atoms with Crippen LogP contribution in [-0.4, -0.2) is 83.6 Å². The Morgan fingerprint density at radius 1 is 1.00 bits per heavy atom. The Bertz CT molecular complexity index is 749. The number of hydrogen-bond acceptors (Lipinski definition) is 5. The molecule has 28 heavy (non-hydrogen) atoms. The number of amides is 4. The number of carbonyl (C=O) groups is 4. The van der Waals surface area contributed by atoms with Crippen LogP contribution in [0.5, 0.6) is 0 Å². The van der Waals surface area contributed by atoms with Crippen LogP contribution in [0.3, 0.4) is 0 Å². The van der Waals surface area contributed by atoms with Crippen LogP contribution in [0, 0.1) is 0 Å². The molecule has 8 heteroatoms. The van der Waals surface area contributed by atoms with E-state index in [1.54, 1.807) is 29.2 Å². The zero-order valence-corrected chi connectivity index (χ0v) is 16.3. The van der Waals surface area contributed by atoms with E-state index in [2.05, 4.69) is 5.32 Å². The van der Waals surface area contributed by atoms with Gasteiger partial charge in [0.1, 0.15) is 0 Å². The van der Waals surface area contributed by atoms with Crippen LogP contribution in [0.15, 0.2) is 24.3 Å². The van der Waals surface area contributed by atoms with Gasteiger partial charge in [-0.2, -0.15) is 0 Å². The quantitative estimate of drug-likeness (QED) is 0.712. The van der Waals surface area contributed by atoms with Crippen LogP contribution in [-0.2, 0) is 9.59 Å². The van der Waals surface area contributed by atoms with Gasteiger partial charge in [0.2, 0.25) is 11.8 Å². The Hall–Kier alpha value is -2.74. The smallest absolute Gasteiger partial charge is 0.261 e. The highest BCUT2D eigenvalue weighted by atomic mass is 16.2. The third-order valence-corrected chi connectivity index (χ3v) is 4.97. The molecule has 3 rings (SSSR count). The SMILES string of the molecule is CC(C)NC(=O)CN1CCN(C(=O)CCN2C(=O)c3ccccc3C2=O)CC1. The lowest BCUT2D eigenvalue weighted by Gasteiger charge is -2.34. The lowest BCUT2D eigenvalue weighted by molar-refractivity contribution is -0.133. The predicted molar refractivity (Wildman–Crippen MR) is 103 cm³/mol. The van der Waals surface area contributed by atoms with Crippen LogP contribution in [0.25, 0.3) is 0 Å². The molecular weight excluding hydrogens is 360 g/mol. The first-order chi connectivity index (χ1) is 13.4. The molecule has 1 saturated heterocycles. The molecular formula is C20H26N4O4. The molecule has 2 heterocycles. The summed E-state index contributed by atoms with van der Waals surface area (Å²) in [6.07, 6.45) is 0.110. The third-order valence-electron chi connectivity index (χ3n) is 4.97. The number of nitrogens with one attached hydrogen (secondary N) is 1. The summed E-state index contributed by atoms with van der Waals surface area (Å²) >= 11 is 0. The molecule has 1 fully saturated rings. The summed E-state index contributed by atoms with van der Waals surface area (Å²) in [6.45, 7) is 6.59. The molecule has 0 spiro atoms. The molecule has 0 atom stereocenters. The standard InChI is InChI=1S/C20H26N4O4/c1-14(2)21-17(25)13-22-9-11-23(12-10-22)18(26)7-8-24-19(27)15-5-3-4-6-16(15)20(24)28/h3-6,14H,7-13H2,1-2H3,(H,21,25). The summed E-state index contributed by atoms with van der Waals surface area (Å²) in [6, 6.07) is 6.81. The van der Waals surface area contributed by atoms with E-state index in [0.29, 0.717) is 43.9 Å². The zero-order chi connectivity index (χ0) is 20.3. The fourth-order valence-corrected chi connectivity index (χ4v) is 3.53. The van der Waals surface area contributed by atoms with E-state index in [9.17, 15) is 19.2 Å². The van der Waals surface area contributed by atoms with Crippen molar-refractivity contribution in [2.24, 2.45) is 0 Å². The maximum Gasteiger partial charge on any atom is 0.261 e. The highest BCUT2D eigenvalue weighted by molar-refractivity contribution is 6.21. The molecule has 8 nitrogen and oxygen atoms in total. The second-order valence-corrected chi connectivity index (χ2v) is 7.44. The minimum Gasteiger partial charge on any atom is -0.353 e. The number of hydrogen-bond donors (Lipinski definition) is 1. The van der Waals surface area contributed by atoms with Crippen molar-refractivity contribution in [3.8, 4) is 0 Å². The van der Waals surface area contributed by atoms with Gasteiger partial charge in [-0.1, -0.05) is 12.1 Å². The summed E-state index contributed by atoms with van der Waals surface area (Å²) in [5, 5.41) is 2.86. The number of piperazine rings is 1. The molecule has 0 saturated carbocycles. The van der Waals surface area contributed by atoms with Crippen molar-refractivity contribution in [1.82, 2.24) is 20.0 Å². The molecule has 0 bridgehead atoms. The maximum atomic E-state index is 12.5. The first kappa shape index (κ1) is 20.0. The minimum absolute atomic E-state index is 0.0135. The molecule has 0 radical (unpaired) electrons. The second kappa shape index (κ2) is 8.52. The van der Waals surface area contributed by atoms with Gasteiger partial charge in [0.15, 0.2) is 0 Å². The largest absolute Gasteiger partial charge is 0.353 e. The van der Waals surface area contributed by atoms with Crippen molar-refractivity contribution in [2.45, 2.75) is 26.3 Å². The van der Waals surface area contributed by atoms with Crippen molar-refractivity contribution in [2.75, 3.05) is 39.3 Å². The monoisotopic (exact) mass is 386 g/mol. The van der Waals surface area contributed by atoms with Crippen LogP contribution in [0.2, 0.25) is 0 Å². The topological polar surface area (TPSA) is 90.0 Å². The Morgan fingerprint density at radius 2 is 1.57 bits per heavy atom. The van der Waals surface area contributed by atoms with Gasteiger partial charge in [-0.3, -0.25) is 29.0 Å². The van der Waals surface area contributed by atoms with Gasteiger partial charge in [0, 0.05) is 45.2 Å². The summed E-state index contributed by atoms with van der Waals surface area (Å²) in [5.41, 5.74) is 0.793. The van der Waals surface area contributed by atoms with E-state index in [1.807, 2.05) is 18.7 Å². The number of fused-ring (bicyclic) bond motifs is 1. The average molecular weight is 386 g/mol. The molecule has 2 aliphatic heterocycles. The molecule has 2 aliphatic rings. The number of nitrogens with zero attached hydrogens (tertiary/aromatic N) is 3. The molecule has 1 N–H and O–H groups in total. The molecule has 0 unspecified atom stereocenters. The number of benzene rings is 1. The van der Waals surface area contributed by atoms with Gasteiger partial charge in [0.25, 0.3) is 11.8 Å². The first-order valence-electron chi connectivity index (χ1n) is 9.61. The minimum atomic E-state index is -0.339. The summed E-state index contributed by atoms with van der Waals surface area (Å²) in [4.78, 5) is 53.9. The fourth-order valence-electron chi connectivity index (χ4n) is 3.53. The van der Waals surface area contributed by atoms with E-state index in [-0.39, 0.29) is 42.6 Å². The summed E-state index contributed by atoms with van der Waals surface area (Å²) in [5.74, 6) is -0.771. The van der Waals surface area contributed by atoms with Crippen LogP contribution < -0.4 is 5.32 Å². The Balaban J connectivity index is 1.45. The van der Waals surface area contributed by atoms with Gasteiger partial charge in [0.05, 0.1) is 17.7 Å². The van der Waals surface area contributed by atoms with E-state index < -0.39 is 0 Å². The van der Waals surface area contributed by atoms with Crippen molar-refractivity contribution in [1.29, 1.82) is 0 Å². The van der Waals surface area contributed by atoms with Crippen LogP contribution in [0.4, 0.5) is 0 Å². The highest BCUT2D eigenvalue weighted by Gasteiger charge is 2.35. The van der Waals surface area contributed by atoms with E-state index in [1.165, 1.54) is 0 Å². The van der Waals surface area contributed by atoms with Gasteiger partial charge in [-0.05, 0) is 26.0 Å². The highest BCUT2D eigenvalue weighted by Crippen LogP contribution is 2.22.